The van der Waals surface area contributed by atoms with Crippen LogP contribution in [0.2, 0.25) is 0 Å². The minimum absolute atomic E-state index is 0.191. The van der Waals surface area contributed by atoms with Gasteiger partial charge in [0.2, 0.25) is 11.8 Å². The standard InChI is InChI=1S/C35H42N2O5S/c1-4-6-7-14-22-42-33(41)29-28-31(39)37(27(24-38)26-17-12-9-13-18-26)30(35(28)20-19-34(29,3)43-35)32(40)36(21-5-2)23-25-15-10-8-11-16-25/h4-5,8-13,15-18,27-30,38H,1-2,6-7,14,19-24H2,3H3/t27-,28+,29-,30?,34+,35?/m1/s1. The van der Waals surface area contributed by atoms with E-state index in [9.17, 15) is 19.5 Å². The van der Waals surface area contributed by atoms with Crippen LogP contribution in [-0.2, 0) is 25.7 Å². The number of hydrogen-bond acceptors (Lipinski definition) is 6. The number of hydrogen-bond donors (Lipinski definition) is 1. The highest BCUT2D eigenvalue weighted by Crippen LogP contribution is 2.72. The van der Waals surface area contributed by atoms with Crippen LogP contribution in [0.25, 0.3) is 0 Å². The molecule has 0 saturated carbocycles. The Labute approximate surface area is 259 Å². The molecule has 228 valence electrons. The van der Waals surface area contributed by atoms with Crippen LogP contribution in [0.1, 0.15) is 56.2 Å². The number of aliphatic hydroxyl groups is 1. The summed E-state index contributed by atoms with van der Waals surface area (Å²) < 4.78 is 4.46. The highest BCUT2D eigenvalue weighted by Gasteiger charge is 2.78. The smallest absolute Gasteiger partial charge is 0.311 e. The Kier molecular flexibility index (Phi) is 9.47. The summed E-state index contributed by atoms with van der Waals surface area (Å²) in [4.78, 5) is 46.5. The molecule has 1 N–H and O–H groups in total. The Bertz CT molecular complexity index is 1340. The van der Waals surface area contributed by atoms with Gasteiger partial charge in [-0.05, 0) is 50.2 Å². The zero-order chi connectivity index (χ0) is 30.6. The highest BCUT2D eigenvalue weighted by atomic mass is 32.2. The van der Waals surface area contributed by atoms with E-state index < -0.39 is 33.4 Å². The summed E-state index contributed by atoms with van der Waals surface area (Å²) in [5, 5.41) is 10.7. The monoisotopic (exact) mass is 602 g/mol. The van der Waals surface area contributed by atoms with Crippen LogP contribution >= 0.6 is 11.8 Å². The van der Waals surface area contributed by atoms with E-state index in [-0.39, 0.29) is 31.0 Å². The third-order valence-corrected chi connectivity index (χ3v) is 11.3. The van der Waals surface area contributed by atoms with Crippen LogP contribution in [-0.4, -0.2) is 68.0 Å². The summed E-state index contributed by atoms with van der Waals surface area (Å²) in [6.45, 7) is 10.3. The van der Waals surface area contributed by atoms with E-state index in [1.54, 1.807) is 27.6 Å². The van der Waals surface area contributed by atoms with Crippen molar-refractivity contribution in [1.82, 2.24) is 9.80 Å². The van der Waals surface area contributed by atoms with E-state index in [1.807, 2.05) is 73.7 Å². The van der Waals surface area contributed by atoms with Crippen molar-refractivity contribution in [2.75, 3.05) is 19.8 Å². The van der Waals surface area contributed by atoms with Gasteiger partial charge < -0.3 is 19.6 Å². The van der Waals surface area contributed by atoms with Crippen LogP contribution in [0.5, 0.6) is 0 Å². The van der Waals surface area contributed by atoms with Crippen molar-refractivity contribution in [3.05, 3.63) is 97.1 Å². The molecule has 6 atom stereocenters. The molecule has 3 aliphatic heterocycles. The van der Waals surface area contributed by atoms with Crippen molar-refractivity contribution >= 4 is 29.5 Å². The SMILES string of the molecule is C=CCCCCOC(=O)[C@H]1[C@H]2C(=O)N([C@H](CO)c3ccccc3)C(C(=O)N(CC=C)Cc3ccccc3)C23CC[C@]1(C)S3. The number of nitrogens with zero attached hydrogens (tertiary/aromatic N) is 2. The minimum atomic E-state index is -0.858. The third-order valence-electron chi connectivity index (χ3n) is 9.32. The third kappa shape index (κ3) is 5.67. The molecule has 3 saturated heterocycles. The van der Waals surface area contributed by atoms with Gasteiger partial charge in [-0.1, -0.05) is 72.8 Å². The maximum Gasteiger partial charge on any atom is 0.311 e. The molecule has 2 unspecified atom stereocenters. The van der Waals surface area contributed by atoms with Crippen LogP contribution in [0.3, 0.4) is 0 Å². The molecule has 3 fully saturated rings. The predicted molar refractivity (Wildman–Crippen MR) is 169 cm³/mol. The molecular formula is C35H42N2O5S. The first-order valence-electron chi connectivity index (χ1n) is 15.2. The molecule has 2 aromatic rings. The van der Waals surface area contributed by atoms with Crippen molar-refractivity contribution in [2.24, 2.45) is 11.8 Å². The topological polar surface area (TPSA) is 87.1 Å². The maximum absolute atomic E-state index is 14.8. The van der Waals surface area contributed by atoms with Gasteiger partial charge in [0.1, 0.15) is 6.04 Å². The molecule has 43 heavy (non-hydrogen) atoms. The number of unbranched alkanes of at least 4 members (excludes halogenated alkanes) is 2. The number of fused-ring (bicyclic) bond motifs is 1. The van der Waals surface area contributed by atoms with Crippen molar-refractivity contribution in [3.8, 4) is 0 Å². The number of esters is 1. The molecule has 2 amide bonds. The van der Waals surface area contributed by atoms with Gasteiger partial charge in [-0.3, -0.25) is 14.4 Å². The van der Waals surface area contributed by atoms with E-state index >= 15 is 0 Å². The number of thioether (sulfide) groups is 1. The summed E-state index contributed by atoms with van der Waals surface area (Å²) in [6, 6.07) is 17.5. The Morgan fingerprint density at radius 3 is 2.44 bits per heavy atom. The zero-order valence-electron chi connectivity index (χ0n) is 24.9. The molecule has 0 radical (unpaired) electrons. The van der Waals surface area contributed by atoms with E-state index in [1.165, 1.54) is 0 Å². The molecule has 8 heteroatoms. The normalized spacial score (nSPS) is 27.9. The molecule has 0 aliphatic carbocycles. The number of carbonyl (C=O) groups is 3. The lowest BCUT2D eigenvalue weighted by Crippen LogP contribution is -2.55. The highest BCUT2D eigenvalue weighted by molar-refractivity contribution is 8.02. The van der Waals surface area contributed by atoms with Crippen LogP contribution in [0.15, 0.2) is 86.0 Å². The fourth-order valence-corrected chi connectivity index (χ4v) is 9.71. The average Bonchev–Trinajstić information content (AvgIpc) is 3.59. The molecule has 2 bridgehead atoms. The molecule has 0 aromatic heterocycles. The van der Waals surface area contributed by atoms with E-state index in [2.05, 4.69) is 13.2 Å². The van der Waals surface area contributed by atoms with Crippen LogP contribution in [0.4, 0.5) is 0 Å². The van der Waals surface area contributed by atoms with Crippen molar-refractivity contribution in [1.29, 1.82) is 0 Å². The van der Waals surface area contributed by atoms with Crippen LogP contribution in [0, 0.1) is 11.8 Å². The van der Waals surface area contributed by atoms with E-state index in [0.717, 1.165) is 30.4 Å². The number of carbonyl (C=O) groups excluding carboxylic acids is 3. The van der Waals surface area contributed by atoms with Crippen molar-refractivity contribution in [2.45, 2.75) is 67.2 Å². The maximum atomic E-state index is 14.8. The number of benzene rings is 2. The molecule has 2 aromatic carbocycles. The summed E-state index contributed by atoms with van der Waals surface area (Å²) in [7, 11) is 0. The number of ether oxygens (including phenoxy) is 1. The number of aliphatic hydroxyl groups excluding tert-OH is 1. The molecule has 1 spiro atoms. The van der Waals surface area contributed by atoms with Gasteiger partial charge >= 0.3 is 5.97 Å². The fourth-order valence-electron chi connectivity index (χ4n) is 7.38. The van der Waals surface area contributed by atoms with Gasteiger partial charge in [0, 0.05) is 17.8 Å². The number of allylic oxidation sites excluding steroid dienone is 1. The molecular weight excluding hydrogens is 560 g/mol. The van der Waals surface area contributed by atoms with Gasteiger partial charge in [0.05, 0.1) is 35.8 Å². The lowest BCUT2D eigenvalue weighted by atomic mass is 9.66. The van der Waals surface area contributed by atoms with Gasteiger partial charge in [-0.15, -0.1) is 24.9 Å². The zero-order valence-corrected chi connectivity index (χ0v) is 25.7. The number of rotatable bonds is 14. The van der Waals surface area contributed by atoms with Gasteiger partial charge in [0.25, 0.3) is 0 Å². The summed E-state index contributed by atoms with van der Waals surface area (Å²) >= 11 is 1.61. The first-order valence-corrected chi connectivity index (χ1v) is 16.0. The summed E-state index contributed by atoms with van der Waals surface area (Å²) in [5.41, 5.74) is 1.72. The molecule has 5 rings (SSSR count). The lowest BCUT2D eigenvalue weighted by molar-refractivity contribution is -0.156. The quantitative estimate of drug-likeness (QED) is 0.179. The van der Waals surface area contributed by atoms with E-state index in [0.29, 0.717) is 25.9 Å². The Morgan fingerprint density at radius 1 is 1.09 bits per heavy atom. The summed E-state index contributed by atoms with van der Waals surface area (Å²) in [6.07, 6.45) is 7.32. The molecule has 7 nitrogen and oxygen atoms in total. The molecule has 3 aliphatic rings. The number of likely N-dealkylation sites (tertiary alicyclic amines) is 1. The first-order chi connectivity index (χ1) is 20.8. The second-order valence-corrected chi connectivity index (χ2v) is 13.9. The van der Waals surface area contributed by atoms with Gasteiger partial charge in [0.15, 0.2) is 0 Å². The van der Waals surface area contributed by atoms with Gasteiger partial charge in [-0.25, -0.2) is 0 Å². The second kappa shape index (κ2) is 13.1. The van der Waals surface area contributed by atoms with E-state index in [4.69, 9.17) is 4.74 Å². The van der Waals surface area contributed by atoms with Crippen LogP contribution < -0.4 is 0 Å². The second-order valence-electron chi connectivity index (χ2n) is 12.0. The summed E-state index contributed by atoms with van der Waals surface area (Å²) in [5.74, 6) is -2.20. The van der Waals surface area contributed by atoms with Gasteiger partial charge in [-0.2, -0.15) is 0 Å². The Morgan fingerprint density at radius 2 is 1.79 bits per heavy atom. The van der Waals surface area contributed by atoms with Crippen molar-refractivity contribution < 1.29 is 24.2 Å². The largest absolute Gasteiger partial charge is 0.465 e. The predicted octanol–water partition coefficient (Wildman–Crippen LogP) is 5.32. The fraction of sp³-hybridized carbons (Fsp3) is 0.457. The van der Waals surface area contributed by atoms with Crippen molar-refractivity contribution in [3.63, 3.8) is 0 Å². The molecule has 3 heterocycles. The average molecular weight is 603 g/mol. The number of amides is 2. The lowest BCUT2D eigenvalue weighted by Gasteiger charge is -2.39. The first kappa shape index (κ1) is 31.1. The Hall–Kier alpha value is -3.36. The Balaban J connectivity index is 1.54. The minimum Gasteiger partial charge on any atom is -0.465 e.